The highest BCUT2D eigenvalue weighted by Gasteiger charge is 2.21. The highest BCUT2D eigenvalue weighted by Crippen LogP contribution is 2.19. The van der Waals surface area contributed by atoms with Gasteiger partial charge in [-0.15, -0.1) is 0 Å². The fourth-order valence-corrected chi connectivity index (χ4v) is 1.61. The predicted molar refractivity (Wildman–Crippen MR) is 74.0 cm³/mol. The number of ether oxygens (including phenoxy) is 1. The molecule has 1 rings (SSSR count). The van der Waals surface area contributed by atoms with Gasteiger partial charge in [0.2, 0.25) is 5.95 Å². The summed E-state index contributed by atoms with van der Waals surface area (Å²) in [5.41, 5.74) is -0.692. The maximum Gasteiger partial charge on any atom is 0.407 e. The van der Waals surface area contributed by atoms with Crippen LogP contribution in [0.15, 0.2) is 12.3 Å². The van der Waals surface area contributed by atoms with E-state index in [9.17, 15) is 23.8 Å². The Hall–Kier alpha value is -1.80. The highest BCUT2D eigenvalue weighted by molar-refractivity contribution is 5.67. The van der Waals surface area contributed by atoms with Gasteiger partial charge in [-0.05, 0) is 33.3 Å². The summed E-state index contributed by atoms with van der Waals surface area (Å²) in [5, 5.41) is 22.0. The third-order valence-electron chi connectivity index (χ3n) is 2.63. The molecule has 2 unspecified atom stereocenters. The number of amides is 1. The minimum absolute atomic E-state index is 0.000590. The Balaban J connectivity index is 2.46. The van der Waals surface area contributed by atoms with Crippen molar-refractivity contribution in [3.05, 3.63) is 29.6 Å². The van der Waals surface area contributed by atoms with E-state index in [4.69, 9.17) is 4.74 Å². The van der Waals surface area contributed by atoms with Gasteiger partial charge in [0.15, 0.2) is 5.82 Å². The fraction of sp³-hybridized carbons (Fsp3) is 0.571. The van der Waals surface area contributed by atoms with Gasteiger partial charge in [-0.3, -0.25) is 0 Å². The number of nitrogens with one attached hydrogen (secondary N) is 1. The van der Waals surface area contributed by atoms with Crippen LogP contribution in [-0.2, 0) is 4.74 Å². The van der Waals surface area contributed by atoms with Crippen molar-refractivity contribution in [2.75, 3.05) is 6.54 Å². The lowest BCUT2D eigenvalue weighted by Gasteiger charge is -2.21. The molecule has 2 atom stereocenters. The van der Waals surface area contributed by atoms with Crippen molar-refractivity contribution in [3.63, 3.8) is 0 Å². The predicted octanol–water partition coefficient (Wildman–Crippen LogP) is 1.67. The van der Waals surface area contributed by atoms with E-state index in [1.54, 1.807) is 20.8 Å². The lowest BCUT2D eigenvalue weighted by molar-refractivity contribution is 0.0118. The van der Waals surface area contributed by atoms with Gasteiger partial charge in [0.25, 0.3) is 0 Å². The minimum atomic E-state index is -1.44. The number of aliphatic hydroxyl groups is 2. The molecule has 8 heteroatoms. The monoisotopic (exact) mass is 318 g/mol. The van der Waals surface area contributed by atoms with E-state index in [1.165, 1.54) is 0 Å². The van der Waals surface area contributed by atoms with E-state index in [1.807, 2.05) is 0 Å². The van der Waals surface area contributed by atoms with Gasteiger partial charge in [0.05, 0.1) is 6.10 Å². The summed E-state index contributed by atoms with van der Waals surface area (Å²) in [7, 11) is 0. The maximum absolute atomic E-state index is 13.0. The number of nitrogens with zero attached hydrogens (tertiary/aromatic N) is 1. The molecule has 0 radical (unpaired) electrons. The second-order valence-corrected chi connectivity index (χ2v) is 5.77. The summed E-state index contributed by atoms with van der Waals surface area (Å²) in [6, 6.07) is 0.761. The van der Waals surface area contributed by atoms with Gasteiger partial charge < -0.3 is 20.3 Å². The molecule has 3 N–H and O–H groups in total. The summed E-state index contributed by atoms with van der Waals surface area (Å²) in [6.45, 7) is 5.17. The zero-order valence-electron chi connectivity index (χ0n) is 12.6. The van der Waals surface area contributed by atoms with Crippen LogP contribution in [0.3, 0.4) is 0 Å². The molecular weight excluding hydrogens is 298 g/mol. The standard InChI is InChI=1S/C14H20F2N2O4/c1-14(2,3)22-13(21)17-5-4-10(19)11(20)8-6-9(15)12(16)18-7-8/h6-7,10-11,19-20H,4-5H2,1-3H3,(H,17,21). The van der Waals surface area contributed by atoms with E-state index >= 15 is 0 Å². The van der Waals surface area contributed by atoms with E-state index < -0.39 is 35.7 Å². The molecule has 0 aromatic carbocycles. The Morgan fingerprint density at radius 1 is 1.41 bits per heavy atom. The van der Waals surface area contributed by atoms with Crippen LogP contribution in [0.1, 0.15) is 38.9 Å². The first-order valence-electron chi connectivity index (χ1n) is 6.74. The molecule has 0 aliphatic rings. The summed E-state index contributed by atoms with van der Waals surface area (Å²) in [5.74, 6) is -2.49. The van der Waals surface area contributed by atoms with E-state index in [-0.39, 0.29) is 18.5 Å². The average Bonchev–Trinajstić information content (AvgIpc) is 2.38. The van der Waals surface area contributed by atoms with Gasteiger partial charge >= 0.3 is 6.09 Å². The second-order valence-electron chi connectivity index (χ2n) is 5.77. The van der Waals surface area contributed by atoms with Crippen molar-refractivity contribution in [1.29, 1.82) is 0 Å². The molecule has 22 heavy (non-hydrogen) atoms. The van der Waals surface area contributed by atoms with Crippen LogP contribution in [0.25, 0.3) is 0 Å². The number of halogens is 2. The average molecular weight is 318 g/mol. The van der Waals surface area contributed by atoms with Crippen molar-refractivity contribution >= 4 is 6.09 Å². The molecule has 0 saturated carbocycles. The minimum Gasteiger partial charge on any atom is -0.444 e. The first-order valence-corrected chi connectivity index (χ1v) is 6.74. The molecule has 0 fully saturated rings. The normalized spacial score (nSPS) is 14.3. The number of pyridine rings is 1. The lowest BCUT2D eigenvalue weighted by Crippen LogP contribution is -2.34. The van der Waals surface area contributed by atoms with Gasteiger partial charge in [-0.1, -0.05) is 0 Å². The Morgan fingerprint density at radius 2 is 2.05 bits per heavy atom. The number of aromatic nitrogens is 1. The number of alkyl carbamates (subject to hydrolysis) is 1. The largest absolute Gasteiger partial charge is 0.444 e. The van der Waals surface area contributed by atoms with Crippen molar-refractivity contribution in [2.24, 2.45) is 0 Å². The SMILES string of the molecule is CC(C)(C)OC(=O)NCCC(O)C(O)c1cnc(F)c(F)c1. The number of carbonyl (C=O) groups is 1. The number of hydrogen-bond donors (Lipinski definition) is 3. The number of aliphatic hydroxyl groups excluding tert-OH is 2. The molecule has 0 aliphatic heterocycles. The maximum atomic E-state index is 13.0. The number of hydrogen-bond acceptors (Lipinski definition) is 5. The molecule has 1 aromatic heterocycles. The Labute approximate surface area is 127 Å². The zero-order valence-corrected chi connectivity index (χ0v) is 12.6. The molecule has 0 saturated heterocycles. The molecule has 0 aliphatic carbocycles. The second kappa shape index (κ2) is 7.46. The van der Waals surface area contributed by atoms with Gasteiger partial charge in [0.1, 0.15) is 11.7 Å². The Kier molecular flexibility index (Phi) is 6.19. The lowest BCUT2D eigenvalue weighted by atomic mass is 10.0. The Bertz CT molecular complexity index is 520. The molecule has 1 heterocycles. The molecular formula is C14H20F2N2O4. The quantitative estimate of drug-likeness (QED) is 0.718. The number of carbonyl (C=O) groups excluding carboxylic acids is 1. The third kappa shape index (κ3) is 5.90. The summed E-state index contributed by atoms with van der Waals surface area (Å²) >= 11 is 0. The topological polar surface area (TPSA) is 91.7 Å². The van der Waals surface area contributed by atoms with Crippen LogP contribution in [0, 0.1) is 11.8 Å². The van der Waals surface area contributed by atoms with Crippen molar-refractivity contribution in [3.8, 4) is 0 Å². The smallest absolute Gasteiger partial charge is 0.407 e. The molecule has 0 spiro atoms. The fourth-order valence-electron chi connectivity index (χ4n) is 1.61. The molecule has 124 valence electrons. The van der Waals surface area contributed by atoms with Gasteiger partial charge in [0, 0.05) is 18.3 Å². The number of rotatable bonds is 5. The molecule has 0 bridgehead atoms. The summed E-state index contributed by atoms with van der Waals surface area (Å²) in [4.78, 5) is 14.5. The molecule has 1 amide bonds. The van der Waals surface area contributed by atoms with Crippen LogP contribution >= 0.6 is 0 Å². The highest BCUT2D eigenvalue weighted by atomic mass is 19.2. The van der Waals surface area contributed by atoms with E-state index in [0.717, 1.165) is 12.3 Å². The van der Waals surface area contributed by atoms with Crippen LogP contribution in [-0.4, -0.2) is 39.5 Å². The van der Waals surface area contributed by atoms with Crippen molar-refractivity contribution in [1.82, 2.24) is 10.3 Å². The van der Waals surface area contributed by atoms with Crippen molar-refractivity contribution in [2.45, 2.75) is 45.0 Å². The first kappa shape index (κ1) is 18.2. The molecule has 6 nitrogen and oxygen atoms in total. The van der Waals surface area contributed by atoms with Crippen LogP contribution in [0.2, 0.25) is 0 Å². The zero-order chi connectivity index (χ0) is 16.9. The third-order valence-corrected chi connectivity index (χ3v) is 2.63. The van der Waals surface area contributed by atoms with Gasteiger partial charge in [-0.25, -0.2) is 14.2 Å². The van der Waals surface area contributed by atoms with Gasteiger partial charge in [-0.2, -0.15) is 4.39 Å². The van der Waals surface area contributed by atoms with E-state index in [0.29, 0.717) is 0 Å². The Morgan fingerprint density at radius 3 is 2.59 bits per heavy atom. The van der Waals surface area contributed by atoms with E-state index in [2.05, 4.69) is 10.3 Å². The van der Waals surface area contributed by atoms with Crippen LogP contribution < -0.4 is 5.32 Å². The van der Waals surface area contributed by atoms with Crippen LogP contribution in [0.5, 0.6) is 0 Å². The summed E-state index contributed by atoms with van der Waals surface area (Å²) in [6.07, 6.45) is -2.43. The van der Waals surface area contributed by atoms with Crippen LogP contribution in [0.4, 0.5) is 13.6 Å². The first-order chi connectivity index (χ1) is 10.1. The summed E-state index contributed by atoms with van der Waals surface area (Å²) < 4.78 is 30.7. The molecule has 1 aromatic rings. The van der Waals surface area contributed by atoms with Crippen molar-refractivity contribution < 1.29 is 28.5 Å².